The van der Waals surface area contributed by atoms with Gasteiger partial charge in [0.1, 0.15) is 19.3 Å². The van der Waals surface area contributed by atoms with E-state index in [4.69, 9.17) is 37.0 Å². The highest BCUT2D eigenvalue weighted by Gasteiger charge is 2.30. The molecule has 0 bridgehead atoms. The first-order valence-electron chi connectivity index (χ1n) is 42.6. The zero-order valence-corrected chi connectivity index (χ0v) is 68.0. The lowest BCUT2D eigenvalue weighted by Gasteiger charge is -2.21. The third-order valence-electron chi connectivity index (χ3n) is 19.9. The number of hydrogen-bond acceptors (Lipinski definition) is 15. The summed E-state index contributed by atoms with van der Waals surface area (Å²) in [4.78, 5) is 73.1. The van der Waals surface area contributed by atoms with E-state index in [0.717, 1.165) is 102 Å². The van der Waals surface area contributed by atoms with Crippen molar-refractivity contribution in [2.45, 2.75) is 452 Å². The molecule has 101 heavy (non-hydrogen) atoms. The Kier molecular flexibility index (Phi) is 72.2. The standard InChI is InChI=1S/C82H160O17P2/c1-7-11-13-15-17-19-21-27-36-42-48-54-60-66-81(86)98-77(70-92-79(84)64-58-52-46-40-34-22-20-18-16-14-12-8-2)72-96-100(88,89)94-68-76(83)69-95-101(90,91)97-73-78(99-82(87)67-61-55-49-43-37-31-26-24-29-33-39-45-51-57-63-75(6)10-4)71-93-80(85)65-59-53-47-41-35-30-25-23-28-32-38-44-50-56-62-74(5)9-3/h74-78,83H,7-73H2,1-6H3,(H,88,89)(H,90,91)/t74?,75?,76-,77+,78+/m0/s1. The Hall–Kier alpha value is -1.94. The van der Waals surface area contributed by atoms with Crippen LogP contribution in [0.2, 0.25) is 0 Å². The highest BCUT2D eigenvalue weighted by atomic mass is 31.2. The summed E-state index contributed by atoms with van der Waals surface area (Å²) in [5, 5.41) is 10.7. The van der Waals surface area contributed by atoms with Crippen LogP contribution < -0.4 is 0 Å². The first-order chi connectivity index (χ1) is 48.9. The number of esters is 4. The van der Waals surface area contributed by atoms with E-state index in [1.807, 2.05) is 0 Å². The molecule has 0 aromatic heterocycles. The number of carbonyl (C=O) groups is 4. The van der Waals surface area contributed by atoms with Crippen molar-refractivity contribution in [3.05, 3.63) is 0 Å². The maximum absolute atomic E-state index is 13.1. The molecule has 0 aliphatic carbocycles. The van der Waals surface area contributed by atoms with Crippen LogP contribution in [0.1, 0.15) is 433 Å². The molecule has 0 aliphatic heterocycles. The van der Waals surface area contributed by atoms with E-state index in [9.17, 15) is 43.2 Å². The Bertz CT molecular complexity index is 1950. The van der Waals surface area contributed by atoms with Gasteiger partial charge in [-0.25, -0.2) is 9.13 Å². The third kappa shape index (κ3) is 73.4. The molecule has 0 saturated carbocycles. The minimum absolute atomic E-state index is 0.108. The highest BCUT2D eigenvalue weighted by molar-refractivity contribution is 7.47. The molecule has 0 fully saturated rings. The minimum Gasteiger partial charge on any atom is -0.462 e. The van der Waals surface area contributed by atoms with Crippen LogP contribution in [-0.2, 0) is 65.4 Å². The molecule has 0 aromatic rings. The monoisotopic (exact) mass is 1480 g/mol. The number of phosphoric acid groups is 2. The molecule has 0 amide bonds. The second-order valence-electron chi connectivity index (χ2n) is 30.0. The predicted octanol–water partition coefficient (Wildman–Crippen LogP) is 24.7. The summed E-state index contributed by atoms with van der Waals surface area (Å²) in [7, 11) is -9.92. The second kappa shape index (κ2) is 73.6. The molecule has 0 heterocycles. The smallest absolute Gasteiger partial charge is 0.462 e. The normalized spacial score (nSPS) is 14.4. The van der Waals surface area contributed by atoms with E-state index in [-0.39, 0.29) is 25.7 Å². The van der Waals surface area contributed by atoms with Gasteiger partial charge in [0.2, 0.25) is 0 Å². The molecule has 0 saturated heterocycles. The second-order valence-corrected chi connectivity index (χ2v) is 32.9. The SMILES string of the molecule is CCCCCCCCCCCCCCCC(=O)O[C@H](COC(=O)CCCCCCCCCCCCCC)COP(=O)(O)OC[C@H](O)COP(=O)(O)OC[C@@H](COC(=O)CCCCCCCCCCCCCCCCC(C)CC)OC(=O)CCCCCCCCCCCCCCCCC(C)CC. The van der Waals surface area contributed by atoms with Gasteiger partial charge in [0, 0.05) is 25.7 Å². The number of carbonyl (C=O) groups excluding carboxylic acids is 4. The van der Waals surface area contributed by atoms with Gasteiger partial charge in [0.25, 0.3) is 0 Å². The first kappa shape index (κ1) is 99.1. The van der Waals surface area contributed by atoms with Crippen LogP contribution in [-0.4, -0.2) is 96.7 Å². The summed E-state index contributed by atoms with van der Waals surface area (Å²) in [6.07, 6.45) is 63.5. The molecule has 0 aliphatic rings. The Labute approximate surface area is 619 Å². The van der Waals surface area contributed by atoms with E-state index >= 15 is 0 Å². The summed E-state index contributed by atoms with van der Waals surface area (Å²) in [5.41, 5.74) is 0. The molecule has 4 unspecified atom stereocenters. The highest BCUT2D eigenvalue weighted by Crippen LogP contribution is 2.45. The maximum Gasteiger partial charge on any atom is 0.472 e. The van der Waals surface area contributed by atoms with Crippen molar-refractivity contribution in [1.82, 2.24) is 0 Å². The Morgan fingerprint density at radius 3 is 0.703 bits per heavy atom. The number of unbranched alkanes of at least 4 members (excludes halogenated alkanes) is 49. The van der Waals surface area contributed by atoms with E-state index in [1.165, 1.54) is 250 Å². The molecule has 17 nitrogen and oxygen atoms in total. The van der Waals surface area contributed by atoms with Crippen LogP contribution in [0.15, 0.2) is 0 Å². The Morgan fingerprint density at radius 2 is 0.475 bits per heavy atom. The van der Waals surface area contributed by atoms with Crippen LogP contribution >= 0.6 is 15.6 Å². The first-order valence-corrected chi connectivity index (χ1v) is 45.6. The number of phosphoric ester groups is 2. The lowest BCUT2D eigenvalue weighted by atomic mass is 9.99. The summed E-state index contributed by atoms with van der Waals surface area (Å²) < 4.78 is 68.8. The molecule has 0 spiro atoms. The third-order valence-corrected chi connectivity index (χ3v) is 21.8. The lowest BCUT2D eigenvalue weighted by molar-refractivity contribution is -0.161. The molecule has 0 aromatic carbocycles. The summed E-state index contributed by atoms with van der Waals surface area (Å²) in [6.45, 7) is 9.76. The van der Waals surface area contributed by atoms with Crippen molar-refractivity contribution in [3.63, 3.8) is 0 Å². The van der Waals surface area contributed by atoms with Gasteiger partial charge in [0.15, 0.2) is 12.2 Å². The number of rotatable bonds is 81. The van der Waals surface area contributed by atoms with Crippen LogP contribution in [0, 0.1) is 11.8 Å². The fourth-order valence-electron chi connectivity index (χ4n) is 12.6. The summed E-state index contributed by atoms with van der Waals surface area (Å²) in [6, 6.07) is 0. The van der Waals surface area contributed by atoms with Gasteiger partial charge in [0.05, 0.1) is 26.4 Å². The van der Waals surface area contributed by atoms with Crippen LogP contribution in [0.4, 0.5) is 0 Å². The molecular weight excluding hydrogens is 1320 g/mol. The van der Waals surface area contributed by atoms with Crippen LogP contribution in [0.5, 0.6) is 0 Å². The van der Waals surface area contributed by atoms with Gasteiger partial charge in [-0.15, -0.1) is 0 Å². The Morgan fingerprint density at radius 1 is 0.277 bits per heavy atom. The average Bonchev–Trinajstić information content (AvgIpc) is 0.967. The van der Waals surface area contributed by atoms with Crippen molar-refractivity contribution in [2.24, 2.45) is 11.8 Å². The minimum atomic E-state index is -4.96. The average molecular weight is 1480 g/mol. The van der Waals surface area contributed by atoms with Gasteiger partial charge in [-0.3, -0.25) is 37.3 Å². The fraction of sp³-hybridized carbons (Fsp3) is 0.951. The number of ether oxygens (including phenoxy) is 4. The summed E-state index contributed by atoms with van der Waals surface area (Å²) in [5.74, 6) is -0.408. The van der Waals surface area contributed by atoms with E-state index < -0.39 is 97.5 Å². The molecule has 600 valence electrons. The van der Waals surface area contributed by atoms with E-state index in [2.05, 4.69) is 41.5 Å². The molecule has 7 atom stereocenters. The predicted molar refractivity (Wildman–Crippen MR) is 414 cm³/mol. The van der Waals surface area contributed by atoms with Crippen LogP contribution in [0.3, 0.4) is 0 Å². The van der Waals surface area contributed by atoms with Gasteiger partial charge >= 0.3 is 39.5 Å². The quantitative estimate of drug-likeness (QED) is 0.0222. The number of aliphatic hydroxyl groups is 1. The largest absolute Gasteiger partial charge is 0.472 e. The van der Waals surface area contributed by atoms with Crippen molar-refractivity contribution >= 4 is 39.5 Å². The van der Waals surface area contributed by atoms with Crippen LogP contribution in [0.25, 0.3) is 0 Å². The van der Waals surface area contributed by atoms with E-state index in [0.29, 0.717) is 25.7 Å². The zero-order valence-electron chi connectivity index (χ0n) is 66.2. The molecular formula is C82H160O17P2. The molecule has 0 rings (SSSR count). The van der Waals surface area contributed by atoms with Crippen molar-refractivity contribution < 1.29 is 80.2 Å². The fourth-order valence-corrected chi connectivity index (χ4v) is 14.2. The van der Waals surface area contributed by atoms with Gasteiger partial charge in [-0.1, -0.05) is 382 Å². The van der Waals surface area contributed by atoms with Crippen molar-refractivity contribution in [2.75, 3.05) is 39.6 Å². The topological polar surface area (TPSA) is 237 Å². The van der Waals surface area contributed by atoms with Crippen molar-refractivity contribution in [3.8, 4) is 0 Å². The van der Waals surface area contributed by atoms with Gasteiger partial charge in [-0.2, -0.15) is 0 Å². The zero-order chi connectivity index (χ0) is 74.2. The lowest BCUT2D eigenvalue weighted by Crippen LogP contribution is -2.30. The molecule has 0 radical (unpaired) electrons. The molecule has 3 N–H and O–H groups in total. The molecule has 19 heteroatoms. The van der Waals surface area contributed by atoms with E-state index in [1.54, 1.807) is 0 Å². The number of hydrogen-bond donors (Lipinski definition) is 3. The maximum atomic E-state index is 13.1. The summed E-state index contributed by atoms with van der Waals surface area (Å²) >= 11 is 0. The van der Waals surface area contributed by atoms with Crippen molar-refractivity contribution in [1.29, 1.82) is 0 Å². The Balaban J connectivity index is 5.26. The van der Waals surface area contributed by atoms with Gasteiger partial charge in [-0.05, 0) is 37.5 Å². The van der Waals surface area contributed by atoms with Gasteiger partial charge < -0.3 is 33.8 Å². The number of aliphatic hydroxyl groups excluding tert-OH is 1.